The Balaban J connectivity index is 1.28. The van der Waals surface area contributed by atoms with Gasteiger partial charge in [-0.25, -0.2) is 0 Å². The molecule has 0 atom stereocenters. The Morgan fingerprint density at radius 2 is 0.872 bits per heavy atom. The molecule has 1 amide bonds. The Hall–Kier alpha value is -4.87. The quantitative estimate of drug-likeness (QED) is 0.208. The first kappa shape index (κ1) is 24.5. The molecule has 39 heavy (non-hydrogen) atoms. The van der Waals surface area contributed by atoms with Crippen LogP contribution >= 0.6 is 11.8 Å². The maximum atomic E-state index is 13.0. The van der Waals surface area contributed by atoms with Crippen molar-refractivity contribution in [3.63, 3.8) is 0 Å². The molecule has 1 aliphatic rings. The average molecular weight is 524 g/mol. The van der Waals surface area contributed by atoms with E-state index in [0.29, 0.717) is 10.1 Å². The van der Waals surface area contributed by atoms with Crippen LogP contribution in [0.1, 0.15) is 5.56 Å². The van der Waals surface area contributed by atoms with Gasteiger partial charge < -0.3 is 4.90 Å². The molecule has 0 aromatic heterocycles. The maximum absolute atomic E-state index is 13.0. The minimum atomic E-state index is -0.230. The second-order valence-electron chi connectivity index (χ2n) is 8.91. The number of amidine groups is 1. The van der Waals surface area contributed by atoms with Crippen molar-refractivity contribution in [1.29, 1.82) is 0 Å². The minimum Gasteiger partial charge on any atom is -0.311 e. The lowest BCUT2D eigenvalue weighted by Gasteiger charge is -2.25. The molecule has 5 heteroatoms. The van der Waals surface area contributed by atoms with Crippen LogP contribution in [-0.4, -0.2) is 11.1 Å². The number of para-hydroxylation sites is 4. The van der Waals surface area contributed by atoms with Gasteiger partial charge in [-0.05, 0) is 84.1 Å². The molecule has 5 aromatic rings. The van der Waals surface area contributed by atoms with Gasteiger partial charge in [-0.3, -0.25) is 9.69 Å². The lowest BCUT2D eigenvalue weighted by molar-refractivity contribution is -0.113. The molecular weight excluding hydrogens is 498 g/mol. The molecule has 0 radical (unpaired) electrons. The largest absolute Gasteiger partial charge is 0.311 e. The number of aliphatic imine (C=N–C) groups is 1. The zero-order valence-electron chi connectivity index (χ0n) is 21.1. The minimum absolute atomic E-state index is 0.230. The SMILES string of the molecule is O=C1N=C(N(c2ccccc2)c2ccccc2)SC1=Cc1ccc(N(c2ccccc2)c2ccccc2)cc1. The summed E-state index contributed by atoms with van der Waals surface area (Å²) in [4.78, 5) is 22.3. The molecule has 0 bridgehead atoms. The Morgan fingerprint density at radius 3 is 1.31 bits per heavy atom. The van der Waals surface area contributed by atoms with E-state index in [0.717, 1.165) is 34.0 Å². The van der Waals surface area contributed by atoms with Crippen molar-refractivity contribution in [3.05, 3.63) is 156 Å². The van der Waals surface area contributed by atoms with Crippen LogP contribution in [0, 0.1) is 0 Å². The molecule has 0 saturated heterocycles. The van der Waals surface area contributed by atoms with Crippen molar-refractivity contribution < 1.29 is 4.79 Å². The highest BCUT2D eigenvalue weighted by atomic mass is 32.2. The number of carbonyl (C=O) groups excluding carboxylic acids is 1. The number of amides is 1. The van der Waals surface area contributed by atoms with Crippen molar-refractivity contribution in [1.82, 2.24) is 0 Å². The third kappa shape index (κ3) is 5.40. The Kier molecular flexibility index (Phi) is 7.06. The fourth-order valence-corrected chi connectivity index (χ4v) is 5.45. The maximum Gasteiger partial charge on any atom is 0.286 e. The summed E-state index contributed by atoms with van der Waals surface area (Å²) in [6.07, 6.45) is 1.91. The average Bonchev–Trinajstić information content (AvgIpc) is 3.35. The van der Waals surface area contributed by atoms with Crippen molar-refractivity contribution in [2.75, 3.05) is 9.80 Å². The van der Waals surface area contributed by atoms with E-state index in [1.54, 1.807) is 0 Å². The number of benzene rings is 5. The molecular formula is C34H25N3OS. The highest BCUT2D eigenvalue weighted by Gasteiger charge is 2.28. The first-order chi connectivity index (χ1) is 19.3. The number of rotatable bonds is 6. The third-order valence-corrected chi connectivity index (χ3v) is 7.28. The molecule has 0 unspecified atom stereocenters. The van der Waals surface area contributed by atoms with Crippen LogP contribution in [0.3, 0.4) is 0 Å². The molecule has 5 aromatic carbocycles. The van der Waals surface area contributed by atoms with Gasteiger partial charge >= 0.3 is 0 Å². The van der Waals surface area contributed by atoms with Crippen molar-refractivity contribution in [3.8, 4) is 0 Å². The molecule has 0 saturated carbocycles. The predicted octanol–water partition coefficient (Wildman–Crippen LogP) is 8.96. The van der Waals surface area contributed by atoms with E-state index in [2.05, 4.69) is 46.3 Å². The van der Waals surface area contributed by atoms with Gasteiger partial charge in [0.25, 0.3) is 5.91 Å². The van der Waals surface area contributed by atoms with Crippen molar-refractivity contribution in [2.24, 2.45) is 4.99 Å². The summed E-state index contributed by atoms with van der Waals surface area (Å²) >= 11 is 1.39. The van der Waals surface area contributed by atoms with Gasteiger partial charge in [0.1, 0.15) is 0 Å². The van der Waals surface area contributed by atoms with E-state index in [1.165, 1.54) is 11.8 Å². The first-order valence-corrected chi connectivity index (χ1v) is 13.5. The summed E-state index contributed by atoms with van der Waals surface area (Å²) in [6.45, 7) is 0. The number of carbonyl (C=O) groups is 1. The van der Waals surface area contributed by atoms with E-state index in [4.69, 9.17) is 0 Å². The lowest BCUT2D eigenvalue weighted by Crippen LogP contribution is -2.21. The Labute approximate surface area is 232 Å². The third-order valence-electron chi connectivity index (χ3n) is 6.31. The summed E-state index contributed by atoms with van der Waals surface area (Å²) in [5, 5.41) is 0.639. The zero-order chi connectivity index (χ0) is 26.4. The molecule has 0 aliphatic carbocycles. The summed E-state index contributed by atoms with van der Waals surface area (Å²) < 4.78 is 0. The number of thioether (sulfide) groups is 1. The van der Waals surface area contributed by atoms with E-state index in [9.17, 15) is 4.79 Å². The summed E-state index contributed by atoms with van der Waals surface area (Å²) in [7, 11) is 0. The van der Waals surface area contributed by atoms with E-state index in [-0.39, 0.29) is 5.91 Å². The van der Waals surface area contributed by atoms with Crippen LogP contribution in [0.5, 0.6) is 0 Å². The van der Waals surface area contributed by atoms with Crippen LogP contribution < -0.4 is 9.80 Å². The molecule has 1 aliphatic heterocycles. The van der Waals surface area contributed by atoms with Crippen LogP contribution in [0.4, 0.5) is 28.4 Å². The van der Waals surface area contributed by atoms with Crippen LogP contribution in [0.2, 0.25) is 0 Å². The molecule has 1 heterocycles. The molecule has 0 N–H and O–H groups in total. The Bertz CT molecular complexity index is 1540. The van der Waals surface area contributed by atoms with Gasteiger partial charge in [-0.15, -0.1) is 0 Å². The fraction of sp³-hybridized carbons (Fsp3) is 0. The monoisotopic (exact) mass is 523 g/mol. The van der Waals surface area contributed by atoms with Gasteiger partial charge in [-0.2, -0.15) is 4.99 Å². The second-order valence-corrected chi connectivity index (χ2v) is 9.92. The van der Waals surface area contributed by atoms with E-state index < -0.39 is 0 Å². The summed E-state index contributed by atoms with van der Waals surface area (Å²) in [5.74, 6) is -0.230. The normalized spacial score (nSPS) is 13.8. The highest BCUT2D eigenvalue weighted by Crippen LogP contribution is 2.38. The fourth-order valence-electron chi connectivity index (χ4n) is 4.49. The van der Waals surface area contributed by atoms with E-state index >= 15 is 0 Å². The van der Waals surface area contributed by atoms with Gasteiger partial charge in [0.2, 0.25) is 0 Å². The van der Waals surface area contributed by atoms with Crippen LogP contribution in [-0.2, 0) is 4.79 Å². The van der Waals surface area contributed by atoms with Gasteiger partial charge in [-0.1, -0.05) is 84.9 Å². The van der Waals surface area contributed by atoms with E-state index in [1.807, 2.05) is 120 Å². The number of anilines is 5. The topological polar surface area (TPSA) is 35.9 Å². The van der Waals surface area contributed by atoms with Gasteiger partial charge in [0.15, 0.2) is 5.17 Å². The Morgan fingerprint density at radius 1 is 0.487 bits per heavy atom. The van der Waals surface area contributed by atoms with Gasteiger partial charge in [0, 0.05) is 28.4 Å². The second kappa shape index (κ2) is 11.3. The lowest BCUT2D eigenvalue weighted by atomic mass is 10.1. The first-order valence-electron chi connectivity index (χ1n) is 12.7. The predicted molar refractivity (Wildman–Crippen MR) is 164 cm³/mol. The van der Waals surface area contributed by atoms with Crippen LogP contribution in [0.25, 0.3) is 6.08 Å². The smallest absolute Gasteiger partial charge is 0.286 e. The summed E-state index contributed by atoms with van der Waals surface area (Å²) in [5.41, 5.74) is 6.05. The van der Waals surface area contributed by atoms with Crippen molar-refractivity contribution in [2.45, 2.75) is 0 Å². The highest BCUT2D eigenvalue weighted by molar-refractivity contribution is 8.18. The van der Waals surface area contributed by atoms with Gasteiger partial charge in [0.05, 0.1) is 4.91 Å². The standard InChI is InChI=1S/C34H25N3OS/c38-33-32(39-34(35-33)37(29-17-9-3-10-18-29)30-19-11-4-12-20-30)25-26-21-23-31(24-22-26)36(27-13-5-1-6-14-27)28-15-7-2-8-16-28/h1-25H. The number of hydrogen-bond donors (Lipinski definition) is 0. The van der Waals surface area contributed by atoms with Crippen molar-refractivity contribution >= 4 is 57.3 Å². The number of nitrogens with zero attached hydrogens (tertiary/aromatic N) is 3. The molecule has 6 rings (SSSR count). The zero-order valence-corrected chi connectivity index (χ0v) is 21.9. The molecule has 188 valence electrons. The number of hydrogen-bond acceptors (Lipinski definition) is 4. The molecule has 4 nitrogen and oxygen atoms in total. The summed E-state index contributed by atoms with van der Waals surface area (Å²) in [6, 6.07) is 48.8. The molecule has 0 spiro atoms. The molecule has 0 fully saturated rings. The van der Waals surface area contributed by atoms with Crippen LogP contribution in [0.15, 0.2) is 155 Å².